The molecule has 0 radical (unpaired) electrons. The standard InChI is InChI=1S/C22H20ClF3N4O4/c23-13-3-6-15-12(10-13)2-5-16(28-15)18(31)27-14-4-7-17(32-11-14)19-29-30-20(33-19)21(8-1-9-21)34-22(24,25)26/h2-3,5-6,10,14,17H,1,4,7-9,11H2,(H,27,31)/t14-,17+/m1/s1. The van der Waals surface area contributed by atoms with Crippen LogP contribution in [0.2, 0.25) is 5.02 Å². The average molecular weight is 497 g/mol. The molecule has 1 aromatic carbocycles. The summed E-state index contributed by atoms with van der Waals surface area (Å²) >= 11 is 5.98. The fourth-order valence-corrected chi connectivity index (χ4v) is 4.35. The van der Waals surface area contributed by atoms with Crippen LogP contribution in [0.3, 0.4) is 0 Å². The van der Waals surface area contributed by atoms with Gasteiger partial charge in [-0.2, -0.15) is 0 Å². The van der Waals surface area contributed by atoms with Crippen LogP contribution in [0.25, 0.3) is 10.9 Å². The van der Waals surface area contributed by atoms with Gasteiger partial charge in [0.1, 0.15) is 11.8 Å². The highest BCUT2D eigenvalue weighted by Gasteiger charge is 2.52. The van der Waals surface area contributed by atoms with Crippen LogP contribution in [0, 0.1) is 0 Å². The first-order chi connectivity index (χ1) is 16.2. The van der Waals surface area contributed by atoms with E-state index >= 15 is 0 Å². The Hall–Kier alpha value is -2.76. The van der Waals surface area contributed by atoms with E-state index in [2.05, 4.69) is 25.2 Å². The number of fused-ring (bicyclic) bond motifs is 1. The Balaban J connectivity index is 1.19. The van der Waals surface area contributed by atoms with Crippen LogP contribution in [0.4, 0.5) is 13.2 Å². The molecule has 3 aromatic rings. The van der Waals surface area contributed by atoms with E-state index in [4.69, 9.17) is 20.8 Å². The second kappa shape index (κ2) is 8.79. The van der Waals surface area contributed by atoms with E-state index in [1.54, 1.807) is 30.3 Å². The van der Waals surface area contributed by atoms with E-state index in [1.165, 1.54) is 0 Å². The van der Waals surface area contributed by atoms with Gasteiger partial charge in [0, 0.05) is 10.4 Å². The third-order valence-electron chi connectivity index (χ3n) is 6.07. The summed E-state index contributed by atoms with van der Waals surface area (Å²) in [7, 11) is 0. The molecule has 2 fully saturated rings. The van der Waals surface area contributed by atoms with Crippen molar-refractivity contribution < 1.29 is 31.9 Å². The van der Waals surface area contributed by atoms with Crippen molar-refractivity contribution >= 4 is 28.4 Å². The molecule has 0 unspecified atom stereocenters. The molecule has 2 aromatic heterocycles. The van der Waals surface area contributed by atoms with Crippen LogP contribution >= 0.6 is 11.6 Å². The Morgan fingerprint density at radius 2 is 2.00 bits per heavy atom. The Morgan fingerprint density at radius 3 is 2.68 bits per heavy atom. The highest BCUT2D eigenvalue weighted by atomic mass is 35.5. The van der Waals surface area contributed by atoms with Gasteiger partial charge in [0.05, 0.1) is 18.2 Å². The number of nitrogens with one attached hydrogen (secondary N) is 1. The van der Waals surface area contributed by atoms with E-state index in [0.717, 1.165) is 5.39 Å². The molecule has 3 heterocycles. The zero-order chi connectivity index (χ0) is 23.9. The number of nitrogens with zero attached hydrogens (tertiary/aromatic N) is 3. The maximum absolute atomic E-state index is 12.8. The van der Waals surface area contributed by atoms with Crippen molar-refractivity contribution in [3.8, 4) is 0 Å². The minimum absolute atomic E-state index is 0.103. The van der Waals surface area contributed by atoms with Gasteiger partial charge < -0.3 is 14.5 Å². The molecule has 1 saturated carbocycles. The van der Waals surface area contributed by atoms with Gasteiger partial charge in [0.2, 0.25) is 11.8 Å². The molecular formula is C22H20ClF3N4O4. The molecule has 1 saturated heterocycles. The molecule has 180 valence electrons. The molecular weight excluding hydrogens is 477 g/mol. The fourth-order valence-electron chi connectivity index (χ4n) is 4.17. The van der Waals surface area contributed by atoms with Crippen molar-refractivity contribution in [2.24, 2.45) is 0 Å². The summed E-state index contributed by atoms with van der Waals surface area (Å²) in [5.41, 5.74) is -0.691. The molecule has 1 aliphatic carbocycles. The summed E-state index contributed by atoms with van der Waals surface area (Å²) in [6.45, 7) is 0.182. The first-order valence-corrected chi connectivity index (χ1v) is 11.2. The normalized spacial score (nSPS) is 22.4. The lowest BCUT2D eigenvalue weighted by Crippen LogP contribution is -2.42. The molecule has 1 N–H and O–H groups in total. The van der Waals surface area contributed by atoms with Crippen LogP contribution in [-0.4, -0.2) is 40.1 Å². The summed E-state index contributed by atoms with van der Waals surface area (Å²) < 4.78 is 54.0. The van der Waals surface area contributed by atoms with Gasteiger partial charge in [0.25, 0.3) is 5.91 Å². The van der Waals surface area contributed by atoms with Crippen molar-refractivity contribution in [1.82, 2.24) is 20.5 Å². The number of aromatic nitrogens is 3. The third kappa shape index (κ3) is 4.73. The minimum Gasteiger partial charge on any atom is -0.419 e. The molecule has 1 aliphatic heterocycles. The maximum atomic E-state index is 12.8. The Labute approximate surface area is 196 Å². The quantitative estimate of drug-likeness (QED) is 0.539. The highest BCUT2D eigenvalue weighted by molar-refractivity contribution is 6.31. The van der Waals surface area contributed by atoms with Crippen molar-refractivity contribution in [2.45, 2.75) is 56.2 Å². The fraction of sp³-hybridized carbons (Fsp3) is 0.455. The summed E-state index contributed by atoms with van der Waals surface area (Å²) in [5, 5.41) is 12.0. The van der Waals surface area contributed by atoms with E-state index in [0.29, 0.717) is 29.8 Å². The number of alkyl halides is 3. The average Bonchev–Trinajstić information content (AvgIpc) is 3.26. The molecule has 34 heavy (non-hydrogen) atoms. The molecule has 1 amide bonds. The minimum atomic E-state index is -4.80. The van der Waals surface area contributed by atoms with Crippen molar-refractivity contribution in [2.75, 3.05) is 6.61 Å². The van der Waals surface area contributed by atoms with Gasteiger partial charge in [-0.25, -0.2) is 4.98 Å². The van der Waals surface area contributed by atoms with E-state index < -0.39 is 18.1 Å². The second-order valence-corrected chi connectivity index (χ2v) is 8.88. The summed E-state index contributed by atoms with van der Waals surface area (Å²) in [6, 6.07) is 8.36. The first kappa shape index (κ1) is 23.0. The van der Waals surface area contributed by atoms with Gasteiger partial charge in [-0.3, -0.25) is 9.53 Å². The third-order valence-corrected chi connectivity index (χ3v) is 6.31. The number of amides is 1. The van der Waals surface area contributed by atoms with E-state index in [-0.39, 0.29) is 48.9 Å². The molecule has 0 spiro atoms. The predicted molar refractivity (Wildman–Crippen MR) is 113 cm³/mol. The van der Waals surface area contributed by atoms with Crippen LogP contribution in [0.5, 0.6) is 0 Å². The topological polar surface area (TPSA) is 99.4 Å². The maximum Gasteiger partial charge on any atom is 0.523 e. The van der Waals surface area contributed by atoms with Crippen LogP contribution < -0.4 is 5.32 Å². The largest absolute Gasteiger partial charge is 0.523 e. The van der Waals surface area contributed by atoms with Gasteiger partial charge >= 0.3 is 6.36 Å². The van der Waals surface area contributed by atoms with Crippen molar-refractivity contribution in [1.29, 1.82) is 0 Å². The molecule has 5 rings (SSSR count). The number of ether oxygens (including phenoxy) is 2. The van der Waals surface area contributed by atoms with Crippen LogP contribution in [0.1, 0.15) is 60.5 Å². The van der Waals surface area contributed by atoms with Gasteiger partial charge in [-0.05, 0) is 56.4 Å². The lowest BCUT2D eigenvalue weighted by molar-refractivity contribution is -0.387. The number of halogens is 4. The molecule has 0 bridgehead atoms. The molecule has 2 aliphatic rings. The van der Waals surface area contributed by atoms with Crippen LogP contribution in [-0.2, 0) is 15.1 Å². The number of hydrogen-bond acceptors (Lipinski definition) is 7. The van der Waals surface area contributed by atoms with Crippen molar-refractivity contribution in [3.05, 3.63) is 52.8 Å². The van der Waals surface area contributed by atoms with Crippen LogP contribution in [0.15, 0.2) is 34.7 Å². The van der Waals surface area contributed by atoms with Crippen molar-refractivity contribution in [3.63, 3.8) is 0 Å². The zero-order valence-corrected chi connectivity index (χ0v) is 18.5. The number of carbonyl (C=O) groups is 1. The van der Waals surface area contributed by atoms with Gasteiger partial charge in [0.15, 0.2) is 5.60 Å². The van der Waals surface area contributed by atoms with E-state index in [1.807, 2.05) is 0 Å². The Bertz CT molecular complexity index is 1210. The first-order valence-electron chi connectivity index (χ1n) is 10.8. The number of hydrogen-bond donors (Lipinski definition) is 1. The lowest BCUT2D eigenvalue weighted by Gasteiger charge is -2.38. The number of rotatable bonds is 5. The summed E-state index contributed by atoms with van der Waals surface area (Å²) in [5.74, 6) is -0.416. The lowest BCUT2D eigenvalue weighted by atomic mass is 9.80. The molecule has 12 heteroatoms. The summed E-state index contributed by atoms with van der Waals surface area (Å²) in [4.78, 5) is 17.0. The predicted octanol–water partition coefficient (Wildman–Crippen LogP) is 4.84. The monoisotopic (exact) mass is 496 g/mol. The number of carbonyl (C=O) groups excluding carboxylic acids is 1. The van der Waals surface area contributed by atoms with Gasteiger partial charge in [-0.15, -0.1) is 23.4 Å². The Kier molecular flexibility index (Phi) is 5.95. The SMILES string of the molecule is O=C(N[C@@H]1CC[C@@H](c2nnc(C3(OC(F)(F)F)CCC3)o2)OC1)c1ccc2cc(Cl)ccc2n1. The smallest absolute Gasteiger partial charge is 0.419 e. The summed E-state index contributed by atoms with van der Waals surface area (Å²) in [6.07, 6.45) is -3.47. The second-order valence-electron chi connectivity index (χ2n) is 8.44. The highest BCUT2D eigenvalue weighted by Crippen LogP contribution is 2.48. The van der Waals surface area contributed by atoms with E-state index in [9.17, 15) is 18.0 Å². The van der Waals surface area contributed by atoms with Gasteiger partial charge in [-0.1, -0.05) is 17.7 Å². The Morgan fingerprint density at radius 1 is 1.18 bits per heavy atom. The molecule has 8 nitrogen and oxygen atoms in total. The zero-order valence-electron chi connectivity index (χ0n) is 17.8. The number of pyridine rings is 1. The molecule has 2 atom stereocenters. The number of benzene rings is 1.